The number of ether oxygens (including phenoxy) is 2. The molecule has 10 rings (SSSR count). The van der Waals surface area contributed by atoms with Crippen molar-refractivity contribution in [2.45, 2.75) is 90.8 Å². The number of carboxylic acids is 1. The number of likely N-dealkylation sites (tertiary alicyclic amines) is 2. The number of rotatable bonds is 17. The van der Waals surface area contributed by atoms with Crippen LogP contribution in [0.1, 0.15) is 34.6 Å². The molecule has 29 heteroatoms. The molecule has 0 radical (unpaired) electrons. The summed E-state index contributed by atoms with van der Waals surface area (Å²) in [6, 6.07) is 10.6. The number of aryl methyl sites for hydroxylation is 2. The second kappa shape index (κ2) is 25.8. The number of nitriles is 2. The molecule has 6 aromatic heterocycles. The minimum absolute atomic E-state index is 0.00750. The number of amides is 3. The van der Waals surface area contributed by atoms with Crippen molar-refractivity contribution in [2.75, 3.05) is 39.4 Å². The van der Waals surface area contributed by atoms with Gasteiger partial charge in [-0.2, -0.15) is 20.7 Å². The summed E-state index contributed by atoms with van der Waals surface area (Å²) in [6.07, 6.45) is 6.01. The zero-order valence-corrected chi connectivity index (χ0v) is 52.3. The standard InChI is InChI=1S/C28H32ClFN8O3Si.C21H23ClFN5O3Si.C7H11N3O/c1-16(28(40)37-12-17(10-31)13-37)33-27(39)19-14-38(15-41-6-7-42(3,4)5)26-24(19)34-21(11-32-26)25-23-20(30)8-18(29)9-22(23)36(2)35-25;1-27-16-8-12(22)7-14(23)17(16)19(26-27)15-9-24-20-18(25-15)13(21(29)30)10-28(20)11-31-5-6-32(2,3)4;1-5(9)7(11)10-3-6(2-8)4-10/h8-9,11,14,16-17H,6-7,12-13,15H2,1-5H3,(H,33,39);7-10H,5-6,11H2,1-4H3,(H,29,30);5-6H,3-4,9H2,1H3/t16-;;5-/m1.1/s1. The lowest BCUT2D eigenvalue weighted by Crippen LogP contribution is -2.55. The van der Waals surface area contributed by atoms with E-state index in [0.29, 0.717) is 61.7 Å². The van der Waals surface area contributed by atoms with Gasteiger partial charge in [-0.05, 0) is 50.2 Å². The molecule has 2 atom stereocenters. The first-order chi connectivity index (χ1) is 40.1. The fourth-order valence-corrected chi connectivity index (χ4v) is 11.2. The molecule has 8 aromatic rings. The maximum Gasteiger partial charge on any atom is 0.339 e. The van der Waals surface area contributed by atoms with Crippen LogP contribution in [-0.2, 0) is 46.6 Å². The van der Waals surface area contributed by atoms with Crippen LogP contribution in [0.4, 0.5) is 8.78 Å². The molecule has 2 saturated heterocycles. The number of hydrogen-bond acceptors (Lipinski definition) is 15. The second-order valence-corrected chi connectivity index (χ2v) is 35.6. The monoisotopic (exact) mass is 1240 g/mol. The van der Waals surface area contributed by atoms with Crippen molar-refractivity contribution in [1.29, 1.82) is 10.5 Å². The van der Waals surface area contributed by atoms with Crippen LogP contribution in [0.3, 0.4) is 0 Å². The van der Waals surface area contributed by atoms with Crippen LogP contribution < -0.4 is 11.1 Å². The molecule has 8 heterocycles. The number of nitrogens with two attached hydrogens (primary N) is 1. The van der Waals surface area contributed by atoms with Crippen molar-refractivity contribution >= 4 is 107 Å². The summed E-state index contributed by atoms with van der Waals surface area (Å²) < 4.78 is 47.7. The normalized spacial score (nSPS) is 14.5. The first kappa shape index (κ1) is 63.3. The third-order valence-corrected chi connectivity index (χ3v) is 18.0. The molecule has 2 aliphatic rings. The number of fused-ring (bicyclic) bond motifs is 4. The molecule has 0 saturated carbocycles. The lowest BCUT2D eigenvalue weighted by atomic mass is 10.0. The van der Waals surface area contributed by atoms with Gasteiger partial charge in [-0.1, -0.05) is 62.5 Å². The lowest BCUT2D eigenvalue weighted by molar-refractivity contribution is -0.138. The lowest BCUT2D eigenvalue weighted by Gasteiger charge is -2.37. The van der Waals surface area contributed by atoms with E-state index in [4.69, 9.17) is 53.9 Å². The van der Waals surface area contributed by atoms with Crippen molar-refractivity contribution in [3.63, 3.8) is 0 Å². The number of carbonyl (C=O) groups excluding carboxylic acids is 3. The summed E-state index contributed by atoms with van der Waals surface area (Å²) >= 11 is 12.0. The van der Waals surface area contributed by atoms with Gasteiger partial charge in [-0.3, -0.25) is 23.7 Å². The van der Waals surface area contributed by atoms with Gasteiger partial charge in [0.1, 0.15) is 70.5 Å². The Morgan fingerprint density at radius 2 is 1.13 bits per heavy atom. The van der Waals surface area contributed by atoms with Crippen molar-refractivity contribution in [1.82, 2.24) is 63.7 Å². The van der Waals surface area contributed by atoms with Crippen LogP contribution >= 0.6 is 23.2 Å². The van der Waals surface area contributed by atoms with Crippen molar-refractivity contribution in [3.05, 3.63) is 81.9 Å². The minimum atomic E-state index is -1.31. The van der Waals surface area contributed by atoms with Gasteiger partial charge < -0.3 is 44.6 Å². The van der Waals surface area contributed by atoms with Crippen molar-refractivity contribution < 1.29 is 42.5 Å². The first-order valence-electron chi connectivity index (χ1n) is 27.2. The fraction of sp³-hybridized carbons (Fsp3) is 0.429. The zero-order chi connectivity index (χ0) is 62.0. The van der Waals surface area contributed by atoms with E-state index in [1.54, 1.807) is 65.2 Å². The Morgan fingerprint density at radius 1 is 0.718 bits per heavy atom. The molecule has 448 valence electrons. The number of benzene rings is 2. The number of hydrogen-bond donors (Lipinski definition) is 3. The number of nitrogens with one attached hydrogen (secondary N) is 1. The van der Waals surface area contributed by atoms with Gasteiger partial charge in [-0.15, -0.1) is 0 Å². The van der Waals surface area contributed by atoms with E-state index < -0.39 is 51.7 Å². The van der Waals surface area contributed by atoms with E-state index in [-0.39, 0.29) is 103 Å². The molecule has 23 nitrogen and oxygen atoms in total. The first-order valence-corrected chi connectivity index (χ1v) is 35.4. The second-order valence-electron chi connectivity index (χ2n) is 23.5. The molecule has 3 amide bonds. The van der Waals surface area contributed by atoms with E-state index in [9.17, 15) is 28.7 Å². The topological polar surface area (TPSA) is 296 Å². The summed E-state index contributed by atoms with van der Waals surface area (Å²) in [7, 11) is 0.801. The van der Waals surface area contributed by atoms with Crippen LogP contribution in [-0.4, -0.2) is 155 Å². The minimum Gasteiger partial charge on any atom is -0.478 e. The summed E-state index contributed by atoms with van der Waals surface area (Å²) in [5.41, 5.74) is 8.83. The molecule has 2 aromatic carbocycles. The number of halogens is 4. The smallest absolute Gasteiger partial charge is 0.339 e. The van der Waals surface area contributed by atoms with E-state index in [1.165, 1.54) is 40.1 Å². The van der Waals surface area contributed by atoms with Crippen molar-refractivity contribution in [2.24, 2.45) is 31.7 Å². The molecule has 4 N–H and O–H groups in total. The van der Waals surface area contributed by atoms with Gasteiger partial charge in [0.25, 0.3) is 5.91 Å². The Morgan fingerprint density at radius 3 is 1.53 bits per heavy atom. The van der Waals surface area contributed by atoms with Gasteiger partial charge in [0.15, 0.2) is 11.3 Å². The quantitative estimate of drug-likeness (QED) is 0.0570. The maximum absolute atomic E-state index is 15.0. The number of aromatic carboxylic acids is 1. The highest BCUT2D eigenvalue weighted by Gasteiger charge is 2.35. The van der Waals surface area contributed by atoms with Crippen LogP contribution in [0.25, 0.3) is 66.9 Å². The van der Waals surface area contributed by atoms with Gasteiger partial charge in [0.2, 0.25) is 11.8 Å². The third kappa shape index (κ3) is 14.5. The molecular weight excluding hydrogens is 1170 g/mol. The zero-order valence-electron chi connectivity index (χ0n) is 48.7. The SMILES string of the molecule is C[C@@H](N)C(=O)N1CC(C#N)C1.C[C@@H](NC(=O)c1cn(COCC[Si](C)(C)C)c2ncc(-c3nn(C)c4cc(Cl)cc(F)c34)nc12)C(=O)N1CC(C#N)C1.Cn1nc(-c2cnc3c(n2)c(C(=O)O)cn3COCC[Si](C)(C)C)c2c(F)cc(Cl)cc21. The Labute approximate surface area is 500 Å². The van der Waals surface area contributed by atoms with E-state index in [0.717, 1.165) is 12.1 Å². The highest BCUT2D eigenvalue weighted by Crippen LogP contribution is 2.34. The largest absolute Gasteiger partial charge is 0.478 e. The van der Waals surface area contributed by atoms with Gasteiger partial charge >= 0.3 is 5.97 Å². The van der Waals surface area contributed by atoms with Gasteiger partial charge in [0.05, 0.1) is 69.8 Å². The Hall–Kier alpha value is -7.77. The fourth-order valence-electron chi connectivity index (χ4n) is 9.28. The van der Waals surface area contributed by atoms with E-state index in [2.05, 4.69) is 81.9 Å². The van der Waals surface area contributed by atoms with Crippen LogP contribution in [0.5, 0.6) is 0 Å². The van der Waals surface area contributed by atoms with Crippen LogP contribution in [0.2, 0.25) is 61.4 Å². The predicted molar refractivity (Wildman–Crippen MR) is 322 cm³/mol. The molecule has 2 fully saturated rings. The van der Waals surface area contributed by atoms with Gasteiger partial charge in [0, 0.05) is 92.1 Å². The summed E-state index contributed by atoms with van der Waals surface area (Å²) in [5.74, 6) is -3.23. The maximum atomic E-state index is 15.0. The summed E-state index contributed by atoms with van der Waals surface area (Å²) in [4.78, 5) is 70.6. The van der Waals surface area contributed by atoms with E-state index in [1.807, 2.05) is 0 Å². The molecule has 0 bridgehead atoms. The molecular formula is C56H66Cl2F2N16O7Si2. The molecule has 0 unspecified atom stereocenters. The Balaban J connectivity index is 0.000000192. The third-order valence-electron chi connectivity index (χ3n) is 14.1. The number of nitrogens with zero attached hydrogens (tertiary/aromatic N) is 14. The Bertz CT molecular complexity index is 3960. The van der Waals surface area contributed by atoms with Crippen LogP contribution in [0.15, 0.2) is 49.1 Å². The highest BCUT2D eigenvalue weighted by molar-refractivity contribution is 6.76. The average molecular weight is 1240 g/mol. The molecule has 0 aliphatic carbocycles. The number of carboxylic acid groups (broad SMARTS) is 1. The predicted octanol–water partition coefficient (Wildman–Crippen LogP) is 8.29. The molecule has 0 spiro atoms. The number of aromatic nitrogens is 10. The summed E-state index contributed by atoms with van der Waals surface area (Å²) in [5, 5.41) is 39.7. The molecule has 85 heavy (non-hydrogen) atoms. The highest BCUT2D eigenvalue weighted by atomic mass is 35.5. The summed E-state index contributed by atoms with van der Waals surface area (Å²) in [6.45, 7) is 20.1. The Kier molecular flexibility index (Phi) is 19.2. The number of carbonyl (C=O) groups is 4. The van der Waals surface area contributed by atoms with Gasteiger partial charge in [-0.25, -0.2) is 33.5 Å². The average Bonchev–Trinajstić information content (AvgIpc) is 2.02. The van der Waals surface area contributed by atoms with E-state index >= 15 is 4.39 Å². The van der Waals surface area contributed by atoms with Crippen molar-refractivity contribution in [3.8, 4) is 34.9 Å². The van der Waals surface area contributed by atoms with Crippen LogP contribution in [0, 0.1) is 46.1 Å². The molecule has 2 aliphatic heterocycles.